The van der Waals surface area contributed by atoms with Crippen molar-refractivity contribution in [2.75, 3.05) is 0 Å². The number of rotatable bonds is 1. The number of hydrogen-bond donors (Lipinski definition) is 1. The maximum Gasteiger partial charge on any atom is 0.283 e. The summed E-state index contributed by atoms with van der Waals surface area (Å²) in [5.74, 6) is 0. The van der Waals surface area contributed by atoms with Crippen molar-refractivity contribution >= 4 is 0 Å². The van der Waals surface area contributed by atoms with E-state index in [9.17, 15) is 0 Å². The first-order valence-corrected chi connectivity index (χ1v) is 1.60. The molecule has 0 saturated heterocycles. The number of allylic oxidation sites excluding steroid dienone is 2. The average molecular weight is 97.1 g/mol. The Morgan fingerprint density at radius 1 is 1.43 bits per heavy atom. The van der Waals surface area contributed by atoms with E-state index in [4.69, 9.17) is 10.4 Å². The summed E-state index contributed by atoms with van der Waals surface area (Å²) in [5, 5.41) is 13.8. The van der Waals surface area contributed by atoms with E-state index in [0.29, 0.717) is 0 Å². The van der Waals surface area contributed by atoms with Crippen molar-refractivity contribution in [3.05, 3.63) is 25.3 Å². The Bertz CT molecular complexity index is 74.6. The quantitative estimate of drug-likeness (QED) is 0.394. The van der Waals surface area contributed by atoms with Crippen LogP contribution in [0.5, 0.6) is 0 Å². The van der Waals surface area contributed by atoms with Gasteiger partial charge >= 0.3 is 0 Å². The monoisotopic (exact) mass is 97.1 g/mol. The molecule has 1 N–H and O–H groups in total. The van der Waals surface area contributed by atoms with Gasteiger partial charge in [-0.05, 0) is 0 Å². The molecule has 0 unspecified atom stereocenters. The van der Waals surface area contributed by atoms with Gasteiger partial charge in [0.2, 0.25) is 0 Å². The van der Waals surface area contributed by atoms with Gasteiger partial charge in [-0.15, -0.1) is 0 Å². The van der Waals surface area contributed by atoms with Gasteiger partial charge in [-0.25, -0.2) is 0 Å². The fourth-order valence-electron chi connectivity index (χ4n) is 0. The Balaban J connectivity index is 0. The third-order valence-electron chi connectivity index (χ3n) is 0.167. The van der Waals surface area contributed by atoms with E-state index in [1.165, 1.54) is 0 Å². The summed E-state index contributed by atoms with van der Waals surface area (Å²) in [6.45, 7) is 6.72. The lowest BCUT2D eigenvalue weighted by Gasteiger charge is -1.44. The Labute approximate surface area is 43.0 Å². The van der Waals surface area contributed by atoms with Gasteiger partial charge in [0.15, 0.2) is 0 Å². The molecule has 0 amide bonds. The molecule has 0 fully saturated rings. The van der Waals surface area contributed by atoms with Crippen molar-refractivity contribution in [1.82, 2.24) is 0 Å². The van der Waals surface area contributed by atoms with Crippen LogP contribution in [0.1, 0.15) is 0 Å². The first-order valence-electron chi connectivity index (χ1n) is 1.60. The van der Waals surface area contributed by atoms with Crippen LogP contribution in [-0.2, 0) is 0 Å². The van der Waals surface area contributed by atoms with E-state index in [0.717, 1.165) is 6.26 Å². The Morgan fingerprint density at radius 2 is 1.57 bits per heavy atom. The summed E-state index contributed by atoms with van der Waals surface area (Å²) in [5.41, 5.74) is 0. The van der Waals surface area contributed by atoms with E-state index in [2.05, 4.69) is 13.2 Å². The van der Waals surface area contributed by atoms with Crippen molar-refractivity contribution in [1.29, 1.82) is 5.26 Å². The molecular formula is C5H7NO. The van der Waals surface area contributed by atoms with Gasteiger partial charge in [0.25, 0.3) is 6.26 Å². The lowest BCUT2D eigenvalue weighted by atomic mass is 10.6. The second kappa shape index (κ2) is 21.6. The molecule has 0 heterocycles. The smallest absolute Gasteiger partial charge is 0.283 e. The highest BCUT2D eigenvalue weighted by molar-refractivity contribution is 4.88. The molecule has 0 aliphatic carbocycles. The summed E-state index contributed by atoms with van der Waals surface area (Å²) >= 11 is 0. The summed E-state index contributed by atoms with van der Waals surface area (Å²) in [6, 6.07) is 0. The molecule has 0 spiro atoms. The normalized spacial score (nSPS) is 3.86. The van der Waals surface area contributed by atoms with Crippen LogP contribution in [0.4, 0.5) is 0 Å². The van der Waals surface area contributed by atoms with Crippen molar-refractivity contribution in [2.45, 2.75) is 0 Å². The SMILES string of the molecule is C=CC=C.N#CO. The molecule has 7 heavy (non-hydrogen) atoms. The molecule has 2 heteroatoms. The number of aliphatic hydroxyl groups is 1. The van der Waals surface area contributed by atoms with Gasteiger partial charge in [-0.1, -0.05) is 25.3 Å². The van der Waals surface area contributed by atoms with Crippen molar-refractivity contribution in [3.8, 4) is 6.26 Å². The van der Waals surface area contributed by atoms with E-state index in [-0.39, 0.29) is 0 Å². The number of aliphatic hydroxyl groups excluding tert-OH is 1. The molecule has 0 bridgehead atoms. The lowest BCUT2D eigenvalue weighted by Crippen LogP contribution is -1.27. The van der Waals surface area contributed by atoms with Crippen LogP contribution in [0.25, 0.3) is 0 Å². The molecule has 0 aromatic heterocycles. The molecular weight excluding hydrogens is 90.1 g/mol. The fraction of sp³-hybridized carbons (Fsp3) is 0. The van der Waals surface area contributed by atoms with Gasteiger partial charge in [-0.2, -0.15) is 5.26 Å². The summed E-state index contributed by atoms with van der Waals surface area (Å²) < 4.78 is 0. The van der Waals surface area contributed by atoms with Crippen molar-refractivity contribution in [2.24, 2.45) is 0 Å². The third-order valence-corrected chi connectivity index (χ3v) is 0.167. The zero-order valence-corrected chi connectivity index (χ0v) is 3.96. The average Bonchev–Trinajstić information content (AvgIpc) is 1.69. The van der Waals surface area contributed by atoms with Gasteiger partial charge in [0.1, 0.15) is 0 Å². The maximum atomic E-state index is 6.88. The van der Waals surface area contributed by atoms with Crippen LogP contribution >= 0.6 is 0 Å². The summed E-state index contributed by atoms with van der Waals surface area (Å²) in [4.78, 5) is 0. The molecule has 0 rings (SSSR count). The molecule has 0 aliphatic rings. The molecule has 2 nitrogen and oxygen atoms in total. The fourth-order valence-corrected chi connectivity index (χ4v) is 0. The number of nitrogens with zero attached hydrogens (tertiary/aromatic N) is 1. The lowest BCUT2D eigenvalue weighted by molar-refractivity contribution is 0.503. The van der Waals surface area contributed by atoms with E-state index in [1.54, 1.807) is 12.2 Å². The molecule has 0 aromatic carbocycles. The molecule has 0 aromatic rings. The minimum Gasteiger partial charge on any atom is -0.443 e. The largest absolute Gasteiger partial charge is 0.443 e. The highest BCUT2D eigenvalue weighted by Gasteiger charge is 1.29. The molecule has 0 saturated carbocycles. The van der Waals surface area contributed by atoms with Gasteiger partial charge in [0, 0.05) is 0 Å². The minimum atomic E-state index is 0.750. The van der Waals surface area contributed by atoms with E-state index >= 15 is 0 Å². The van der Waals surface area contributed by atoms with Crippen LogP contribution in [-0.4, -0.2) is 5.11 Å². The first-order chi connectivity index (χ1) is 3.33. The van der Waals surface area contributed by atoms with Crippen LogP contribution in [0.2, 0.25) is 0 Å². The van der Waals surface area contributed by atoms with Crippen LogP contribution in [0, 0.1) is 11.5 Å². The zero-order valence-electron chi connectivity index (χ0n) is 3.96. The second-order valence-corrected chi connectivity index (χ2v) is 0.571. The topological polar surface area (TPSA) is 44.0 Å². The van der Waals surface area contributed by atoms with Crippen LogP contribution < -0.4 is 0 Å². The Hall–Kier alpha value is -1.23. The van der Waals surface area contributed by atoms with Crippen molar-refractivity contribution in [3.63, 3.8) is 0 Å². The predicted octanol–water partition coefficient (Wildman–Crippen LogP) is 1.20. The van der Waals surface area contributed by atoms with Crippen molar-refractivity contribution < 1.29 is 5.11 Å². The zero-order chi connectivity index (χ0) is 6.12. The van der Waals surface area contributed by atoms with E-state index < -0.39 is 0 Å². The highest BCUT2D eigenvalue weighted by atomic mass is 16.2. The van der Waals surface area contributed by atoms with Gasteiger partial charge < -0.3 is 5.11 Å². The predicted molar refractivity (Wildman–Crippen MR) is 27.9 cm³/mol. The minimum absolute atomic E-state index is 0.750. The Morgan fingerprint density at radius 3 is 1.57 bits per heavy atom. The van der Waals surface area contributed by atoms with Crippen LogP contribution in [0.3, 0.4) is 0 Å². The van der Waals surface area contributed by atoms with Gasteiger partial charge in [0.05, 0.1) is 0 Å². The molecule has 0 atom stereocenters. The summed E-state index contributed by atoms with van der Waals surface area (Å²) in [7, 11) is 0. The molecule has 38 valence electrons. The van der Waals surface area contributed by atoms with Crippen LogP contribution in [0.15, 0.2) is 25.3 Å². The number of nitriles is 1. The second-order valence-electron chi connectivity index (χ2n) is 0.571. The first kappa shape index (κ1) is 9.24. The maximum absolute atomic E-state index is 6.88. The highest BCUT2D eigenvalue weighted by Crippen LogP contribution is 1.52. The third kappa shape index (κ3) is 692. The van der Waals surface area contributed by atoms with E-state index in [1.807, 2.05) is 0 Å². The standard InChI is InChI=1S/C4H6.CHNO/c1-3-4-2;2-1-3/h3-4H,1-2H2;3H. The molecule has 0 radical (unpaired) electrons. The number of hydrogen-bond acceptors (Lipinski definition) is 2. The summed E-state index contributed by atoms with van der Waals surface area (Å²) in [6.07, 6.45) is 4.03. The Kier molecular flexibility index (Phi) is 28.6. The van der Waals surface area contributed by atoms with Gasteiger partial charge in [-0.3, -0.25) is 0 Å². The molecule has 0 aliphatic heterocycles.